The van der Waals surface area contributed by atoms with E-state index in [4.69, 9.17) is 11.0 Å². The molecule has 0 radical (unpaired) electrons. The van der Waals surface area contributed by atoms with Crippen LogP contribution in [0, 0.1) is 17.3 Å². The van der Waals surface area contributed by atoms with Gasteiger partial charge in [-0.25, -0.2) is 9.38 Å². The van der Waals surface area contributed by atoms with Crippen molar-refractivity contribution in [3.8, 4) is 6.19 Å². The SMILES string of the molecule is N#CNC(=NC(CN)c1ccc(F)cc1)Nc1ccc2cnccc2c1. The maximum atomic E-state index is 13.1. The maximum Gasteiger partial charge on any atom is 0.209 e. The van der Waals surface area contributed by atoms with E-state index >= 15 is 0 Å². The van der Waals surface area contributed by atoms with Gasteiger partial charge in [0, 0.05) is 30.0 Å². The summed E-state index contributed by atoms with van der Waals surface area (Å²) in [5.41, 5.74) is 7.33. The van der Waals surface area contributed by atoms with Gasteiger partial charge in [0.25, 0.3) is 0 Å². The van der Waals surface area contributed by atoms with Crippen LogP contribution in [-0.2, 0) is 0 Å². The highest BCUT2D eigenvalue weighted by atomic mass is 19.1. The predicted molar refractivity (Wildman–Crippen MR) is 99.7 cm³/mol. The molecule has 7 heteroatoms. The zero-order valence-corrected chi connectivity index (χ0v) is 13.9. The van der Waals surface area contributed by atoms with Gasteiger partial charge in [-0.3, -0.25) is 10.3 Å². The first-order valence-electron chi connectivity index (χ1n) is 7.99. The van der Waals surface area contributed by atoms with Crippen LogP contribution >= 0.6 is 0 Å². The van der Waals surface area contributed by atoms with Gasteiger partial charge in [0.2, 0.25) is 5.96 Å². The van der Waals surface area contributed by atoms with Crippen LogP contribution in [0.4, 0.5) is 10.1 Å². The summed E-state index contributed by atoms with van der Waals surface area (Å²) in [7, 11) is 0. The van der Waals surface area contributed by atoms with Gasteiger partial charge < -0.3 is 11.1 Å². The molecule has 0 aliphatic rings. The normalized spacial score (nSPS) is 12.4. The van der Waals surface area contributed by atoms with Gasteiger partial charge in [-0.15, -0.1) is 0 Å². The average molecular weight is 348 g/mol. The molecule has 3 aromatic rings. The molecule has 0 fully saturated rings. The van der Waals surface area contributed by atoms with Gasteiger partial charge in [0.05, 0.1) is 6.04 Å². The van der Waals surface area contributed by atoms with Crippen LogP contribution in [0.1, 0.15) is 11.6 Å². The summed E-state index contributed by atoms with van der Waals surface area (Å²) in [6.45, 7) is 0.216. The Bertz CT molecular complexity index is 962. The number of aromatic nitrogens is 1. The zero-order chi connectivity index (χ0) is 18.4. The van der Waals surface area contributed by atoms with Crippen LogP contribution in [0.15, 0.2) is 65.9 Å². The van der Waals surface area contributed by atoms with Crippen molar-refractivity contribution in [3.63, 3.8) is 0 Å². The average Bonchev–Trinajstić information content (AvgIpc) is 2.67. The third-order valence-electron chi connectivity index (χ3n) is 3.84. The summed E-state index contributed by atoms with van der Waals surface area (Å²) < 4.78 is 13.1. The van der Waals surface area contributed by atoms with Crippen molar-refractivity contribution < 1.29 is 4.39 Å². The van der Waals surface area contributed by atoms with Crippen LogP contribution in [0.3, 0.4) is 0 Å². The second-order valence-electron chi connectivity index (χ2n) is 5.58. The Labute approximate surface area is 150 Å². The number of anilines is 1. The van der Waals surface area contributed by atoms with E-state index in [1.54, 1.807) is 24.5 Å². The van der Waals surface area contributed by atoms with Crippen LogP contribution in [-0.4, -0.2) is 17.5 Å². The number of hydrogen-bond acceptors (Lipinski definition) is 4. The van der Waals surface area contributed by atoms with Gasteiger partial charge in [-0.05, 0) is 41.3 Å². The minimum absolute atomic E-state index is 0.216. The van der Waals surface area contributed by atoms with Crippen molar-refractivity contribution >= 4 is 22.4 Å². The Balaban J connectivity index is 1.87. The summed E-state index contributed by atoms with van der Waals surface area (Å²) in [6, 6.07) is 13.2. The monoisotopic (exact) mass is 348 g/mol. The van der Waals surface area contributed by atoms with Crippen LogP contribution in [0.25, 0.3) is 10.8 Å². The van der Waals surface area contributed by atoms with Gasteiger partial charge in [-0.2, -0.15) is 5.26 Å². The van der Waals surface area contributed by atoms with Crippen molar-refractivity contribution in [1.82, 2.24) is 10.3 Å². The molecule has 0 bridgehead atoms. The first-order valence-corrected chi connectivity index (χ1v) is 7.99. The van der Waals surface area contributed by atoms with Crippen molar-refractivity contribution in [1.29, 1.82) is 5.26 Å². The Hall–Kier alpha value is -3.50. The predicted octanol–water partition coefficient (Wildman–Crippen LogP) is 2.91. The number of guanidine groups is 1. The molecule has 26 heavy (non-hydrogen) atoms. The van der Waals surface area contributed by atoms with E-state index in [0.717, 1.165) is 22.0 Å². The van der Waals surface area contributed by atoms with Crippen LogP contribution in [0.2, 0.25) is 0 Å². The highest BCUT2D eigenvalue weighted by Gasteiger charge is 2.11. The first kappa shape index (κ1) is 17.3. The standard InChI is InChI=1S/C19H17FN6/c20-16-4-1-13(2-5-16)18(10-21)26-19(24-12-22)25-17-6-3-15-11-23-8-7-14(15)9-17/h1-9,11,18H,10,21H2,(H2,24,25,26). The number of pyridine rings is 1. The number of hydrogen-bond donors (Lipinski definition) is 3. The molecule has 0 amide bonds. The summed E-state index contributed by atoms with van der Waals surface area (Å²) >= 11 is 0. The number of rotatable bonds is 4. The van der Waals surface area contributed by atoms with E-state index in [2.05, 4.69) is 20.6 Å². The smallest absolute Gasteiger partial charge is 0.209 e. The van der Waals surface area contributed by atoms with E-state index in [-0.39, 0.29) is 18.3 Å². The molecule has 0 spiro atoms. The first-order chi connectivity index (χ1) is 12.7. The van der Waals surface area contributed by atoms with E-state index in [1.807, 2.05) is 30.5 Å². The second-order valence-corrected chi connectivity index (χ2v) is 5.58. The van der Waals surface area contributed by atoms with E-state index in [0.29, 0.717) is 0 Å². The molecule has 0 saturated heterocycles. The fourth-order valence-electron chi connectivity index (χ4n) is 2.55. The molecule has 0 aliphatic carbocycles. The largest absolute Gasteiger partial charge is 0.328 e. The van der Waals surface area contributed by atoms with Gasteiger partial charge in [0.15, 0.2) is 6.19 Å². The van der Waals surface area contributed by atoms with Crippen molar-refractivity contribution in [2.45, 2.75) is 6.04 Å². The van der Waals surface area contributed by atoms with E-state index in [9.17, 15) is 4.39 Å². The molecule has 4 N–H and O–H groups in total. The van der Waals surface area contributed by atoms with Gasteiger partial charge >= 0.3 is 0 Å². The molecule has 6 nitrogen and oxygen atoms in total. The maximum absolute atomic E-state index is 13.1. The van der Waals surface area contributed by atoms with Crippen LogP contribution < -0.4 is 16.4 Å². The fourth-order valence-corrected chi connectivity index (χ4v) is 2.55. The molecule has 1 unspecified atom stereocenters. The Morgan fingerprint density at radius 3 is 2.73 bits per heavy atom. The molecule has 0 saturated carbocycles. The molecule has 1 aromatic heterocycles. The third-order valence-corrected chi connectivity index (χ3v) is 3.84. The number of fused-ring (bicyclic) bond motifs is 1. The quantitative estimate of drug-likeness (QED) is 0.291. The Morgan fingerprint density at radius 2 is 2.00 bits per heavy atom. The molecule has 2 aromatic carbocycles. The highest BCUT2D eigenvalue weighted by molar-refractivity contribution is 5.97. The number of nitrogens with two attached hydrogens (primary N) is 1. The van der Waals surface area contributed by atoms with Gasteiger partial charge in [0.1, 0.15) is 5.82 Å². The molecule has 130 valence electrons. The molecule has 1 atom stereocenters. The zero-order valence-electron chi connectivity index (χ0n) is 13.9. The number of benzene rings is 2. The number of nitrogens with zero attached hydrogens (tertiary/aromatic N) is 3. The molecule has 3 rings (SSSR count). The fraction of sp³-hybridized carbons (Fsp3) is 0.105. The van der Waals surface area contributed by atoms with Crippen molar-refractivity contribution in [2.24, 2.45) is 10.7 Å². The van der Waals surface area contributed by atoms with Gasteiger partial charge in [-0.1, -0.05) is 18.2 Å². The summed E-state index contributed by atoms with van der Waals surface area (Å²) in [5, 5.41) is 16.6. The van der Waals surface area contributed by atoms with E-state index in [1.165, 1.54) is 12.1 Å². The Kier molecular flexibility index (Phi) is 5.37. The number of aliphatic imine (C=N–C) groups is 1. The summed E-state index contributed by atoms with van der Waals surface area (Å²) in [5.74, 6) is -0.0617. The molecule has 0 aliphatic heterocycles. The topological polar surface area (TPSA) is 99.1 Å². The lowest BCUT2D eigenvalue weighted by Crippen LogP contribution is -2.28. The Morgan fingerprint density at radius 1 is 1.19 bits per heavy atom. The molecular formula is C19H17FN6. The minimum Gasteiger partial charge on any atom is -0.328 e. The highest BCUT2D eigenvalue weighted by Crippen LogP contribution is 2.20. The van der Waals surface area contributed by atoms with Crippen molar-refractivity contribution in [3.05, 3.63) is 72.3 Å². The van der Waals surface area contributed by atoms with E-state index < -0.39 is 6.04 Å². The third kappa shape index (κ3) is 4.12. The lowest BCUT2D eigenvalue weighted by Gasteiger charge is -2.14. The molecule has 1 heterocycles. The lowest BCUT2D eigenvalue weighted by atomic mass is 10.1. The molecular weight excluding hydrogens is 331 g/mol. The minimum atomic E-state index is -0.413. The number of halogens is 1. The van der Waals surface area contributed by atoms with Crippen LogP contribution in [0.5, 0.6) is 0 Å². The summed E-state index contributed by atoms with van der Waals surface area (Å²) in [6.07, 6.45) is 5.36. The summed E-state index contributed by atoms with van der Waals surface area (Å²) in [4.78, 5) is 8.55. The second kappa shape index (κ2) is 8.05. The lowest BCUT2D eigenvalue weighted by molar-refractivity contribution is 0.625. The number of nitriles is 1. The number of nitrogens with one attached hydrogen (secondary N) is 2. The van der Waals surface area contributed by atoms with Crippen molar-refractivity contribution in [2.75, 3.05) is 11.9 Å².